The minimum absolute atomic E-state index is 0.0499. The molecule has 1 aromatic carbocycles. The minimum Gasteiger partial charge on any atom is -0.381 e. The highest BCUT2D eigenvalue weighted by molar-refractivity contribution is 6.31. The summed E-state index contributed by atoms with van der Waals surface area (Å²) in [6.07, 6.45) is 1.56. The Morgan fingerprint density at radius 2 is 1.97 bits per heavy atom. The fourth-order valence-electron chi connectivity index (χ4n) is 3.91. The molecule has 1 N–H and O–H groups in total. The number of rotatable bonds is 5. The van der Waals surface area contributed by atoms with Crippen LogP contribution in [-0.2, 0) is 16.9 Å². The molecule has 0 bridgehead atoms. The van der Waals surface area contributed by atoms with Crippen molar-refractivity contribution in [3.8, 4) is 11.5 Å². The summed E-state index contributed by atoms with van der Waals surface area (Å²) >= 11 is 6.27. The van der Waals surface area contributed by atoms with Crippen molar-refractivity contribution in [2.75, 3.05) is 32.8 Å². The molecule has 11 heteroatoms. The zero-order valence-electron chi connectivity index (χ0n) is 17.8. The molecule has 32 heavy (non-hydrogen) atoms. The molecule has 0 atom stereocenters. The molecule has 5 rings (SSSR count). The SMILES string of the molecule is CC(C)(O)c1nc(-c2ncn3c2c(=O)n(CCN2CCOCC2)c2cc(Cl)ccc23)no1. The van der Waals surface area contributed by atoms with Gasteiger partial charge >= 0.3 is 0 Å². The van der Waals surface area contributed by atoms with Gasteiger partial charge in [0.05, 0.1) is 24.2 Å². The standard InChI is InChI=1S/C21H23ClN6O4/c1-21(2,30)20-24-18(25-32-20)16-17-19(29)27(6-5-26-7-9-31-10-8-26)15-11-13(22)3-4-14(15)28(17)12-23-16/h3-4,11-12,30H,5-10H2,1-2H3. The number of aliphatic hydroxyl groups is 1. The number of ether oxygens (including phenoxy) is 1. The summed E-state index contributed by atoms with van der Waals surface area (Å²) in [4.78, 5) is 24.6. The molecule has 4 heterocycles. The van der Waals surface area contributed by atoms with Gasteiger partial charge in [-0.05, 0) is 32.0 Å². The molecule has 1 fully saturated rings. The summed E-state index contributed by atoms with van der Waals surface area (Å²) in [5, 5.41) is 14.7. The van der Waals surface area contributed by atoms with Gasteiger partial charge < -0.3 is 18.9 Å². The van der Waals surface area contributed by atoms with Gasteiger partial charge in [0.25, 0.3) is 11.4 Å². The normalized spacial score (nSPS) is 15.8. The minimum atomic E-state index is -1.30. The van der Waals surface area contributed by atoms with Crippen LogP contribution in [0.3, 0.4) is 0 Å². The molecule has 0 spiro atoms. The molecule has 1 aliphatic rings. The van der Waals surface area contributed by atoms with Crippen molar-refractivity contribution >= 4 is 28.2 Å². The monoisotopic (exact) mass is 458 g/mol. The molecular weight excluding hydrogens is 436 g/mol. The first-order valence-electron chi connectivity index (χ1n) is 10.4. The van der Waals surface area contributed by atoms with E-state index in [-0.39, 0.29) is 17.3 Å². The maximum atomic E-state index is 13.7. The average molecular weight is 459 g/mol. The lowest BCUT2D eigenvalue weighted by Crippen LogP contribution is -2.39. The molecule has 0 unspecified atom stereocenters. The Bertz CT molecular complexity index is 1350. The van der Waals surface area contributed by atoms with Gasteiger partial charge in [0, 0.05) is 31.2 Å². The Kier molecular flexibility index (Phi) is 5.25. The highest BCUT2D eigenvalue weighted by Gasteiger charge is 2.27. The molecule has 4 aromatic rings. The van der Waals surface area contributed by atoms with Crippen molar-refractivity contribution in [3.05, 3.63) is 45.8 Å². The zero-order chi connectivity index (χ0) is 22.5. The molecule has 0 saturated carbocycles. The highest BCUT2D eigenvalue weighted by Crippen LogP contribution is 2.26. The van der Waals surface area contributed by atoms with Gasteiger partial charge in [-0.25, -0.2) is 4.98 Å². The predicted molar refractivity (Wildman–Crippen MR) is 118 cm³/mol. The third-order valence-corrected chi connectivity index (χ3v) is 5.84. The van der Waals surface area contributed by atoms with Crippen LogP contribution in [0, 0.1) is 0 Å². The number of aromatic nitrogens is 5. The summed E-state index contributed by atoms with van der Waals surface area (Å²) < 4.78 is 14.0. The van der Waals surface area contributed by atoms with Crippen LogP contribution < -0.4 is 5.56 Å². The highest BCUT2D eigenvalue weighted by atomic mass is 35.5. The first kappa shape index (κ1) is 21.1. The molecule has 0 amide bonds. The van der Waals surface area contributed by atoms with E-state index in [4.69, 9.17) is 20.9 Å². The molecule has 168 valence electrons. The van der Waals surface area contributed by atoms with Crippen molar-refractivity contribution in [2.24, 2.45) is 0 Å². The van der Waals surface area contributed by atoms with E-state index < -0.39 is 5.60 Å². The molecular formula is C21H23ClN6O4. The Hall–Kier alpha value is -2.79. The lowest BCUT2D eigenvalue weighted by Gasteiger charge is -2.27. The number of fused-ring (bicyclic) bond motifs is 3. The second-order valence-corrected chi connectivity index (χ2v) is 8.77. The van der Waals surface area contributed by atoms with Gasteiger partial charge in [0.2, 0.25) is 5.82 Å². The van der Waals surface area contributed by atoms with Crippen LogP contribution in [0.15, 0.2) is 33.8 Å². The van der Waals surface area contributed by atoms with Gasteiger partial charge in [-0.3, -0.25) is 14.1 Å². The second kappa shape index (κ2) is 7.96. The summed E-state index contributed by atoms with van der Waals surface area (Å²) in [5.41, 5.74) is 0.613. The zero-order valence-corrected chi connectivity index (χ0v) is 18.5. The van der Waals surface area contributed by atoms with Gasteiger partial charge in [0.1, 0.15) is 23.1 Å². The number of imidazole rings is 1. The van der Waals surface area contributed by atoms with E-state index in [0.717, 1.165) is 24.1 Å². The van der Waals surface area contributed by atoms with Crippen LogP contribution in [0.4, 0.5) is 0 Å². The van der Waals surface area contributed by atoms with E-state index in [2.05, 4.69) is 20.0 Å². The lowest BCUT2D eigenvalue weighted by atomic mass is 10.1. The Morgan fingerprint density at radius 1 is 1.19 bits per heavy atom. The fourth-order valence-corrected chi connectivity index (χ4v) is 4.08. The van der Waals surface area contributed by atoms with Crippen molar-refractivity contribution in [2.45, 2.75) is 26.0 Å². The van der Waals surface area contributed by atoms with E-state index in [1.165, 1.54) is 0 Å². The number of hydrogen-bond acceptors (Lipinski definition) is 8. The first-order chi connectivity index (χ1) is 15.3. The Balaban J connectivity index is 1.66. The molecule has 1 saturated heterocycles. The molecule has 1 aliphatic heterocycles. The molecule has 0 aliphatic carbocycles. The van der Waals surface area contributed by atoms with Crippen LogP contribution in [0.25, 0.3) is 28.1 Å². The Morgan fingerprint density at radius 3 is 2.69 bits per heavy atom. The molecule has 0 radical (unpaired) electrons. The maximum absolute atomic E-state index is 13.7. The number of morpholine rings is 1. The summed E-state index contributed by atoms with van der Waals surface area (Å²) in [6, 6.07) is 5.43. The molecule has 10 nitrogen and oxygen atoms in total. The van der Waals surface area contributed by atoms with E-state index >= 15 is 0 Å². The van der Waals surface area contributed by atoms with Crippen molar-refractivity contribution < 1.29 is 14.4 Å². The van der Waals surface area contributed by atoms with Gasteiger partial charge in [0.15, 0.2) is 0 Å². The third-order valence-electron chi connectivity index (χ3n) is 5.61. The van der Waals surface area contributed by atoms with E-state index in [1.54, 1.807) is 41.3 Å². The van der Waals surface area contributed by atoms with Gasteiger partial charge in [-0.15, -0.1) is 0 Å². The first-order valence-corrected chi connectivity index (χ1v) is 10.8. The van der Waals surface area contributed by atoms with Crippen LogP contribution in [-0.4, -0.2) is 66.9 Å². The second-order valence-electron chi connectivity index (χ2n) is 8.34. The number of halogens is 1. The third kappa shape index (κ3) is 3.69. The van der Waals surface area contributed by atoms with E-state index in [0.29, 0.717) is 42.5 Å². The van der Waals surface area contributed by atoms with Crippen LogP contribution in [0.1, 0.15) is 19.7 Å². The average Bonchev–Trinajstić information content (AvgIpc) is 3.42. The number of nitrogens with zero attached hydrogens (tertiary/aromatic N) is 6. The van der Waals surface area contributed by atoms with Crippen LogP contribution in [0.2, 0.25) is 5.02 Å². The van der Waals surface area contributed by atoms with Crippen molar-refractivity contribution in [1.29, 1.82) is 0 Å². The van der Waals surface area contributed by atoms with Gasteiger partial charge in [-0.1, -0.05) is 16.8 Å². The maximum Gasteiger partial charge on any atom is 0.277 e. The van der Waals surface area contributed by atoms with Crippen LogP contribution in [0.5, 0.6) is 0 Å². The van der Waals surface area contributed by atoms with E-state index in [9.17, 15) is 9.90 Å². The summed E-state index contributed by atoms with van der Waals surface area (Å²) in [7, 11) is 0. The predicted octanol–water partition coefficient (Wildman–Crippen LogP) is 1.91. The van der Waals surface area contributed by atoms with Crippen LogP contribution >= 0.6 is 11.6 Å². The summed E-state index contributed by atoms with van der Waals surface area (Å²) in [5.74, 6) is 0.198. The van der Waals surface area contributed by atoms with Gasteiger partial charge in [-0.2, -0.15) is 4.98 Å². The van der Waals surface area contributed by atoms with Crippen molar-refractivity contribution in [1.82, 2.24) is 29.0 Å². The molecule has 3 aromatic heterocycles. The number of hydrogen-bond donors (Lipinski definition) is 1. The Labute approximate surface area is 188 Å². The smallest absolute Gasteiger partial charge is 0.277 e. The van der Waals surface area contributed by atoms with E-state index in [1.807, 2.05) is 6.07 Å². The topological polar surface area (TPSA) is 111 Å². The largest absolute Gasteiger partial charge is 0.381 e. The van der Waals surface area contributed by atoms with Crippen molar-refractivity contribution in [3.63, 3.8) is 0 Å². The summed E-state index contributed by atoms with van der Waals surface area (Å²) in [6.45, 7) is 7.32. The fraction of sp³-hybridized carbons (Fsp3) is 0.429. The number of benzene rings is 1. The quantitative estimate of drug-likeness (QED) is 0.483. The lowest BCUT2D eigenvalue weighted by molar-refractivity contribution is 0.0364.